The Morgan fingerprint density at radius 2 is 2.09 bits per heavy atom. The van der Waals surface area contributed by atoms with Gasteiger partial charge in [-0.1, -0.05) is 0 Å². The molecule has 10 nitrogen and oxygen atoms in total. The number of benzene rings is 1. The van der Waals surface area contributed by atoms with Crippen molar-refractivity contribution < 1.29 is 19.0 Å². The normalized spacial score (nSPS) is 20.6. The van der Waals surface area contributed by atoms with Crippen LogP contribution in [0.1, 0.15) is 18.5 Å². The maximum Gasteiger partial charge on any atom is 0.263 e. The SMILES string of the molecule is COc1ccc2ccc(=O)n(C[C@H](N)[C@@H]3CC[C@@H](NCc4ccc5c(n4)NC(=O)CO5)CO3)c2c1. The number of hydrogen-bond acceptors (Lipinski definition) is 8. The van der Waals surface area contributed by atoms with Crippen molar-refractivity contribution in [2.24, 2.45) is 5.73 Å². The van der Waals surface area contributed by atoms with E-state index in [2.05, 4.69) is 15.6 Å². The summed E-state index contributed by atoms with van der Waals surface area (Å²) in [5.41, 5.74) is 8.00. The summed E-state index contributed by atoms with van der Waals surface area (Å²) in [5.74, 6) is 1.52. The van der Waals surface area contributed by atoms with Gasteiger partial charge >= 0.3 is 0 Å². The number of amides is 1. The lowest BCUT2D eigenvalue weighted by Crippen LogP contribution is -2.48. The number of carbonyl (C=O) groups is 1. The maximum atomic E-state index is 12.6. The van der Waals surface area contributed by atoms with Crippen molar-refractivity contribution in [1.82, 2.24) is 14.9 Å². The third-order valence-corrected chi connectivity index (χ3v) is 6.49. The number of anilines is 1. The molecule has 10 heteroatoms. The summed E-state index contributed by atoms with van der Waals surface area (Å²) in [5, 5.41) is 7.14. The van der Waals surface area contributed by atoms with Gasteiger partial charge in [-0.25, -0.2) is 4.98 Å². The van der Waals surface area contributed by atoms with Gasteiger partial charge in [0, 0.05) is 37.3 Å². The summed E-state index contributed by atoms with van der Waals surface area (Å²) in [7, 11) is 1.60. The van der Waals surface area contributed by atoms with Crippen LogP contribution in [0.4, 0.5) is 5.82 Å². The van der Waals surface area contributed by atoms with Crippen LogP contribution >= 0.6 is 0 Å². The molecule has 184 valence electrons. The minimum absolute atomic E-state index is 0.0122. The lowest BCUT2D eigenvalue weighted by molar-refractivity contribution is -0.118. The van der Waals surface area contributed by atoms with Crippen LogP contribution in [0.5, 0.6) is 11.5 Å². The van der Waals surface area contributed by atoms with E-state index in [1.54, 1.807) is 17.7 Å². The van der Waals surface area contributed by atoms with Crippen LogP contribution in [0.25, 0.3) is 10.9 Å². The Kier molecular flexibility index (Phi) is 6.67. The van der Waals surface area contributed by atoms with Gasteiger partial charge in [0.15, 0.2) is 18.2 Å². The molecule has 5 rings (SSSR count). The summed E-state index contributed by atoms with van der Waals surface area (Å²) in [6.07, 6.45) is 1.53. The molecule has 0 radical (unpaired) electrons. The maximum absolute atomic E-state index is 12.6. The number of nitrogens with one attached hydrogen (secondary N) is 2. The van der Waals surface area contributed by atoms with Gasteiger partial charge in [-0.05, 0) is 48.6 Å². The number of carbonyl (C=O) groups excluding carboxylic acids is 1. The van der Waals surface area contributed by atoms with Crippen molar-refractivity contribution in [2.45, 2.75) is 44.1 Å². The summed E-state index contributed by atoms with van der Waals surface area (Å²) in [6.45, 7) is 1.43. The number of methoxy groups -OCH3 is 1. The van der Waals surface area contributed by atoms with E-state index in [0.717, 1.165) is 29.4 Å². The minimum Gasteiger partial charge on any atom is -0.497 e. The van der Waals surface area contributed by atoms with Crippen molar-refractivity contribution in [1.29, 1.82) is 0 Å². The van der Waals surface area contributed by atoms with Gasteiger partial charge in [0.2, 0.25) is 0 Å². The third-order valence-electron chi connectivity index (χ3n) is 6.49. The number of hydrogen-bond donors (Lipinski definition) is 3. The lowest BCUT2D eigenvalue weighted by atomic mass is 9.99. The molecule has 0 bridgehead atoms. The quantitative estimate of drug-likeness (QED) is 0.464. The Morgan fingerprint density at radius 1 is 1.23 bits per heavy atom. The molecule has 4 heterocycles. The van der Waals surface area contributed by atoms with E-state index in [-0.39, 0.29) is 36.3 Å². The molecule has 2 aromatic heterocycles. The summed E-state index contributed by atoms with van der Waals surface area (Å²) < 4.78 is 18.5. The first-order valence-electron chi connectivity index (χ1n) is 11.7. The summed E-state index contributed by atoms with van der Waals surface area (Å²) in [4.78, 5) is 28.6. The standard InChI is InChI=1S/C25H29N5O5/c1-33-18-6-2-15-3-9-24(32)30(20(15)10-18)12-19(26)21-7-5-17(13-34-21)27-11-16-4-8-22-25(28-16)29-23(31)14-35-22/h2-4,6,8-10,17,19,21,27H,5,7,11-14,26H2,1H3,(H,28,29,31)/t17-,19+,21+/m1/s1. The Labute approximate surface area is 202 Å². The van der Waals surface area contributed by atoms with Crippen LogP contribution in [0, 0.1) is 0 Å². The number of pyridine rings is 2. The molecule has 0 unspecified atom stereocenters. The van der Waals surface area contributed by atoms with Crippen LogP contribution in [0.2, 0.25) is 0 Å². The van der Waals surface area contributed by atoms with E-state index in [4.69, 9.17) is 19.9 Å². The monoisotopic (exact) mass is 479 g/mol. The highest BCUT2D eigenvalue weighted by atomic mass is 16.5. The Morgan fingerprint density at radius 3 is 2.89 bits per heavy atom. The second-order valence-corrected chi connectivity index (χ2v) is 8.88. The predicted octanol–water partition coefficient (Wildman–Crippen LogP) is 1.40. The average molecular weight is 480 g/mol. The van der Waals surface area contributed by atoms with Crippen molar-refractivity contribution in [3.05, 3.63) is 58.5 Å². The highest BCUT2D eigenvalue weighted by Crippen LogP contribution is 2.26. The van der Waals surface area contributed by atoms with Crippen LogP contribution in [-0.2, 0) is 22.6 Å². The zero-order valence-electron chi connectivity index (χ0n) is 19.5. The van der Waals surface area contributed by atoms with Crippen molar-refractivity contribution in [2.75, 3.05) is 25.6 Å². The summed E-state index contributed by atoms with van der Waals surface area (Å²) >= 11 is 0. The second-order valence-electron chi connectivity index (χ2n) is 8.88. The Hall–Kier alpha value is -3.47. The lowest BCUT2D eigenvalue weighted by Gasteiger charge is -2.33. The molecule has 1 saturated heterocycles. The molecule has 0 saturated carbocycles. The smallest absolute Gasteiger partial charge is 0.263 e. The fourth-order valence-corrected chi connectivity index (χ4v) is 4.53. The first-order valence-corrected chi connectivity index (χ1v) is 11.7. The van der Waals surface area contributed by atoms with Gasteiger partial charge in [0.05, 0.1) is 31.0 Å². The average Bonchev–Trinajstić information content (AvgIpc) is 2.88. The van der Waals surface area contributed by atoms with Gasteiger partial charge in [-0.15, -0.1) is 0 Å². The van der Waals surface area contributed by atoms with Crippen molar-refractivity contribution in [3.8, 4) is 11.5 Å². The largest absolute Gasteiger partial charge is 0.497 e. The van der Waals surface area contributed by atoms with Crippen LogP contribution in [0.15, 0.2) is 47.3 Å². The fraction of sp³-hybridized carbons (Fsp3) is 0.400. The van der Waals surface area contributed by atoms with E-state index < -0.39 is 0 Å². The van der Waals surface area contributed by atoms with Gasteiger partial charge in [-0.2, -0.15) is 0 Å². The molecule has 3 atom stereocenters. The molecule has 0 spiro atoms. The summed E-state index contributed by atoms with van der Waals surface area (Å²) in [6, 6.07) is 12.6. The van der Waals surface area contributed by atoms with Gasteiger partial charge in [-0.3, -0.25) is 9.59 Å². The van der Waals surface area contributed by atoms with Gasteiger partial charge in [0.1, 0.15) is 5.75 Å². The third kappa shape index (κ3) is 5.14. The van der Waals surface area contributed by atoms with Crippen molar-refractivity contribution >= 4 is 22.6 Å². The molecule has 35 heavy (non-hydrogen) atoms. The molecular weight excluding hydrogens is 450 g/mol. The number of nitrogens with zero attached hydrogens (tertiary/aromatic N) is 2. The van der Waals surface area contributed by atoms with Crippen LogP contribution in [-0.4, -0.2) is 54.0 Å². The number of nitrogens with two attached hydrogens (primary N) is 1. The molecule has 1 amide bonds. The number of rotatable bonds is 7. The van der Waals surface area contributed by atoms with Gasteiger partial charge < -0.3 is 35.1 Å². The topological polar surface area (TPSA) is 130 Å². The molecule has 2 aliphatic rings. The highest BCUT2D eigenvalue weighted by molar-refractivity contribution is 5.94. The second kappa shape index (κ2) is 10.0. The molecule has 1 aromatic carbocycles. The van der Waals surface area contributed by atoms with Crippen LogP contribution in [0.3, 0.4) is 0 Å². The molecule has 3 aromatic rings. The molecule has 1 fully saturated rings. The first kappa shape index (κ1) is 23.3. The van der Waals surface area contributed by atoms with E-state index in [1.165, 1.54) is 0 Å². The highest BCUT2D eigenvalue weighted by Gasteiger charge is 2.27. The predicted molar refractivity (Wildman–Crippen MR) is 131 cm³/mol. The number of aromatic nitrogens is 2. The van der Waals surface area contributed by atoms with E-state index in [9.17, 15) is 9.59 Å². The molecule has 4 N–H and O–H groups in total. The van der Waals surface area contributed by atoms with E-state index in [0.29, 0.717) is 37.0 Å². The van der Waals surface area contributed by atoms with Crippen LogP contribution < -0.4 is 31.4 Å². The van der Waals surface area contributed by atoms with Gasteiger partial charge in [0.25, 0.3) is 11.5 Å². The van der Waals surface area contributed by atoms with Crippen molar-refractivity contribution in [3.63, 3.8) is 0 Å². The zero-order valence-corrected chi connectivity index (χ0v) is 19.5. The Balaban J connectivity index is 1.17. The van der Waals surface area contributed by atoms with E-state index >= 15 is 0 Å². The molecule has 2 aliphatic heterocycles. The number of ether oxygens (including phenoxy) is 3. The Bertz CT molecular complexity index is 1280. The van der Waals surface area contributed by atoms with E-state index in [1.807, 2.05) is 36.4 Å². The molecule has 0 aliphatic carbocycles. The molecular formula is C25H29N5O5. The number of fused-ring (bicyclic) bond motifs is 2. The minimum atomic E-state index is -0.323. The fourth-order valence-electron chi connectivity index (χ4n) is 4.53. The zero-order chi connectivity index (χ0) is 24.4. The first-order chi connectivity index (χ1) is 17.0.